The lowest BCUT2D eigenvalue weighted by Crippen LogP contribution is -2.12. The number of nitrogens with two attached hydrogens (primary N) is 1. The van der Waals surface area contributed by atoms with Crippen LogP contribution in [0.1, 0.15) is 5.56 Å². The second kappa shape index (κ2) is 6.13. The largest absolute Gasteiger partial charge is 0.489 e. The second-order valence-electron chi connectivity index (χ2n) is 3.17. The molecule has 1 aromatic carbocycles. The van der Waals surface area contributed by atoms with Crippen LogP contribution in [0.2, 0.25) is 0 Å². The van der Waals surface area contributed by atoms with Crippen molar-refractivity contribution in [3.8, 4) is 11.8 Å². The Kier molecular flexibility index (Phi) is 4.52. The van der Waals surface area contributed by atoms with Crippen LogP contribution >= 0.6 is 0 Å². The van der Waals surface area contributed by atoms with Crippen LogP contribution in [0.4, 0.5) is 0 Å². The summed E-state index contributed by atoms with van der Waals surface area (Å²) in [5.41, 5.74) is 5.58. The number of carbonyl (C=O) groups is 1. The van der Waals surface area contributed by atoms with Crippen molar-refractivity contribution >= 4 is 12.0 Å². The van der Waals surface area contributed by atoms with E-state index in [9.17, 15) is 4.79 Å². The van der Waals surface area contributed by atoms with E-state index in [0.717, 1.165) is 0 Å². The number of carbonyl (C=O) groups excluding carboxylic acids is 1. The highest BCUT2D eigenvalue weighted by Gasteiger charge is 2.06. The van der Waals surface area contributed by atoms with Crippen LogP contribution < -0.4 is 10.5 Å². The molecule has 0 heterocycles. The van der Waals surface area contributed by atoms with Gasteiger partial charge in [0.05, 0.1) is 0 Å². The van der Waals surface area contributed by atoms with Crippen LogP contribution in [-0.2, 0) is 4.79 Å². The highest BCUT2D eigenvalue weighted by molar-refractivity contribution is 6.00. The van der Waals surface area contributed by atoms with Crippen LogP contribution in [-0.4, -0.2) is 12.5 Å². The Morgan fingerprint density at radius 3 is 2.82 bits per heavy atom. The topological polar surface area (TPSA) is 76.1 Å². The first kappa shape index (κ1) is 12.5. The predicted octanol–water partition coefficient (Wildman–Crippen LogP) is 1.64. The number of ether oxygens (including phenoxy) is 1. The number of benzene rings is 1. The molecule has 0 atom stereocenters. The lowest BCUT2D eigenvalue weighted by molar-refractivity contribution is -0.114. The van der Waals surface area contributed by atoms with Crippen molar-refractivity contribution in [3.63, 3.8) is 0 Å². The summed E-state index contributed by atoms with van der Waals surface area (Å²) in [6.07, 6.45) is 3.01. The third kappa shape index (κ3) is 3.50. The van der Waals surface area contributed by atoms with Crippen molar-refractivity contribution < 1.29 is 9.53 Å². The molecule has 4 nitrogen and oxygen atoms in total. The first-order valence-electron chi connectivity index (χ1n) is 4.93. The Morgan fingerprint density at radius 2 is 2.24 bits per heavy atom. The summed E-state index contributed by atoms with van der Waals surface area (Å²) >= 11 is 0. The SMILES string of the molecule is C=CCOc1ccccc1/C=C(/C#N)C(N)=O. The number of hydrogen-bond acceptors (Lipinski definition) is 3. The molecule has 0 radical (unpaired) electrons. The van der Waals surface area contributed by atoms with Gasteiger partial charge < -0.3 is 10.5 Å². The van der Waals surface area contributed by atoms with E-state index >= 15 is 0 Å². The number of amides is 1. The van der Waals surface area contributed by atoms with Gasteiger partial charge in [0.1, 0.15) is 24.0 Å². The van der Waals surface area contributed by atoms with Crippen molar-refractivity contribution in [2.45, 2.75) is 0 Å². The fourth-order valence-electron chi connectivity index (χ4n) is 1.19. The Bertz CT molecular complexity index is 498. The van der Waals surface area contributed by atoms with Crippen molar-refractivity contribution in [1.82, 2.24) is 0 Å². The van der Waals surface area contributed by atoms with Gasteiger partial charge in [-0.15, -0.1) is 0 Å². The molecular formula is C13H12N2O2. The summed E-state index contributed by atoms with van der Waals surface area (Å²) in [7, 11) is 0. The summed E-state index contributed by atoms with van der Waals surface area (Å²) in [6.45, 7) is 3.89. The Hall–Kier alpha value is -2.54. The van der Waals surface area contributed by atoms with Crippen molar-refractivity contribution in [2.75, 3.05) is 6.61 Å². The molecular weight excluding hydrogens is 216 g/mol. The molecule has 0 fully saturated rings. The molecule has 0 spiro atoms. The minimum absolute atomic E-state index is 0.111. The minimum atomic E-state index is -0.758. The summed E-state index contributed by atoms with van der Waals surface area (Å²) in [6, 6.07) is 8.80. The van der Waals surface area contributed by atoms with Gasteiger partial charge in [-0.1, -0.05) is 30.9 Å². The lowest BCUT2D eigenvalue weighted by atomic mass is 10.1. The number of nitrogens with zero attached hydrogens (tertiary/aromatic N) is 1. The van der Waals surface area contributed by atoms with Crippen LogP contribution in [0.25, 0.3) is 6.08 Å². The molecule has 0 unspecified atom stereocenters. The van der Waals surface area contributed by atoms with Crippen molar-refractivity contribution in [1.29, 1.82) is 5.26 Å². The Balaban J connectivity index is 3.09. The van der Waals surface area contributed by atoms with E-state index in [1.165, 1.54) is 6.08 Å². The molecule has 4 heteroatoms. The summed E-state index contributed by atoms with van der Waals surface area (Å²) in [5, 5.41) is 8.75. The summed E-state index contributed by atoms with van der Waals surface area (Å²) < 4.78 is 5.39. The molecule has 1 rings (SSSR count). The van der Waals surface area contributed by atoms with Crippen LogP contribution in [0, 0.1) is 11.3 Å². The maximum atomic E-state index is 10.9. The number of rotatable bonds is 5. The summed E-state index contributed by atoms with van der Waals surface area (Å²) in [5.74, 6) is -0.188. The number of nitriles is 1. The zero-order valence-electron chi connectivity index (χ0n) is 9.22. The first-order chi connectivity index (χ1) is 8.19. The van der Waals surface area contributed by atoms with Gasteiger partial charge in [0.2, 0.25) is 0 Å². The van der Waals surface area contributed by atoms with Gasteiger partial charge in [0.25, 0.3) is 5.91 Å². The smallest absolute Gasteiger partial charge is 0.259 e. The average molecular weight is 228 g/mol. The number of hydrogen-bond donors (Lipinski definition) is 1. The maximum Gasteiger partial charge on any atom is 0.259 e. The molecule has 0 aliphatic carbocycles. The highest BCUT2D eigenvalue weighted by atomic mass is 16.5. The van der Waals surface area contributed by atoms with E-state index in [0.29, 0.717) is 17.9 Å². The van der Waals surface area contributed by atoms with Crippen molar-refractivity contribution in [2.24, 2.45) is 5.73 Å². The highest BCUT2D eigenvalue weighted by Crippen LogP contribution is 2.20. The molecule has 0 aromatic heterocycles. The normalized spacial score (nSPS) is 10.4. The van der Waals surface area contributed by atoms with Gasteiger partial charge in [-0.05, 0) is 12.1 Å². The van der Waals surface area contributed by atoms with E-state index in [2.05, 4.69) is 6.58 Å². The molecule has 0 aliphatic heterocycles. The van der Waals surface area contributed by atoms with Gasteiger partial charge in [-0.2, -0.15) is 5.26 Å². The molecule has 0 aliphatic rings. The zero-order valence-corrected chi connectivity index (χ0v) is 9.22. The first-order valence-corrected chi connectivity index (χ1v) is 4.93. The minimum Gasteiger partial charge on any atom is -0.489 e. The van der Waals surface area contributed by atoms with Crippen LogP contribution in [0.15, 0.2) is 42.5 Å². The molecule has 0 saturated carbocycles. The van der Waals surface area contributed by atoms with Gasteiger partial charge in [0.15, 0.2) is 0 Å². The molecule has 17 heavy (non-hydrogen) atoms. The van der Waals surface area contributed by atoms with E-state index in [4.69, 9.17) is 15.7 Å². The van der Waals surface area contributed by atoms with Crippen molar-refractivity contribution in [3.05, 3.63) is 48.1 Å². The second-order valence-corrected chi connectivity index (χ2v) is 3.17. The molecule has 0 saturated heterocycles. The fraction of sp³-hybridized carbons (Fsp3) is 0.0769. The van der Waals surface area contributed by atoms with E-state index in [-0.39, 0.29) is 5.57 Å². The summed E-state index contributed by atoms with van der Waals surface area (Å²) in [4.78, 5) is 10.9. The fourth-order valence-corrected chi connectivity index (χ4v) is 1.19. The Morgan fingerprint density at radius 1 is 1.53 bits per heavy atom. The molecule has 1 aromatic rings. The monoisotopic (exact) mass is 228 g/mol. The molecule has 86 valence electrons. The maximum absolute atomic E-state index is 10.9. The van der Waals surface area contributed by atoms with Gasteiger partial charge in [0, 0.05) is 5.56 Å². The number of para-hydroxylation sites is 1. The van der Waals surface area contributed by atoms with E-state index in [1.54, 1.807) is 36.4 Å². The number of primary amides is 1. The Labute approximate surface area is 99.6 Å². The van der Waals surface area contributed by atoms with E-state index < -0.39 is 5.91 Å². The van der Waals surface area contributed by atoms with E-state index in [1.807, 2.05) is 0 Å². The standard InChI is InChI=1S/C13H12N2O2/c1-2-7-17-12-6-4-3-5-10(12)8-11(9-14)13(15)16/h2-6,8H,1,7H2,(H2,15,16)/b11-8-. The molecule has 1 amide bonds. The van der Waals surface area contributed by atoms with Gasteiger partial charge in [-0.25, -0.2) is 0 Å². The van der Waals surface area contributed by atoms with Gasteiger partial charge >= 0.3 is 0 Å². The van der Waals surface area contributed by atoms with Gasteiger partial charge in [-0.3, -0.25) is 4.79 Å². The van der Waals surface area contributed by atoms with Crippen LogP contribution in [0.3, 0.4) is 0 Å². The molecule has 0 bridgehead atoms. The third-order valence-corrected chi connectivity index (χ3v) is 1.96. The molecule has 2 N–H and O–H groups in total. The zero-order chi connectivity index (χ0) is 12.7. The predicted molar refractivity (Wildman–Crippen MR) is 64.9 cm³/mol. The lowest BCUT2D eigenvalue weighted by Gasteiger charge is -2.06. The quantitative estimate of drug-likeness (QED) is 0.473. The van der Waals surface area contributed by atoms with Crippen LogP contribution in [0.5, 0.6) is 5.75 Å². The third-order valence-electron chi connectivity index (χ3n) is 1.96. The average Bonchev–Trinajstić information content (AvgIpc) is 2.34.